The van der Waals surface area contributed by atoms with Crippen molar-refractivity contribution in [2.24, 2.45) is 0 Å². The number of hydrogen-bond donors (Lipinski definition) is 1. The first kappa shape index (κ1) is 18.7. The Morgan fingerprint density at radius 1 is 1.25 bits per heavy atom. The first-order valence-electron chi connectivity index (χ1n) is 9.24. The van der Waals surface area contributed by atoms with E-state index in [9.17, 15) is 9.59 Å². The Labute approximate surface area is 165 Å². The van der Waals surface area contributed by atoms with Gasteiger partial charge in [-0.3, -0.25) is 9.59 Å². The van der Waals surface area contributed by atoms with E-state index in [0.29, 0.717) is 29.1 Å². The fraction of sp³-hybridized carbons (Fsp3) is 0.333. The number of fused-ring (bicyclic) bond motifs is 1. The largest absolute Gasteiger partial charge is 0.481 e. The summed E-state index contributed by atoms with van der Waals surface area (Å²) in [6.07, 6.45) is 2.80. The van der Waals surface area contributed by atoms with Crippen molar-refractivity contribution in [1.82, 2.24) is 0 Å². The molecule has 1 atom stereocenters. The van der Waals surface area contributed by atoms with Gasteiger partial charge in [-0.25, -0.2) is 0 Å². The van der Waals surface area contributed by atoms with Crippen LogP contribution in [0.4, 0.5) is 0 Å². The summed E-state index contributed by atoms with van der Waals surface area (Å²) in [4.78, 5) is 23.9. The maximum absolute atomic E-state index is 12.9. The van der Waals surface area contributed by atoms with Gasteiger partial charge in [-0.15, -0.1) is 0 Å². The van der Waals surface area contributed by atoms with Crippen LogP contribution in [-0.2, 0) is 16.0 Å². The highest BCUT2D eigenvalue weighted by Gasteiger charge is 2.23. The van der Waals surface area contributed by atoms with Crippen molar-refractivity contribution < 1.29 is 28.6 Å². The van der Waals surface area contributed by atoms with E-state index in [2.05, 4.69) is 0 Å². The number of aryl methyl sites for hydroxylation is 1. The van der Waals surface area contributed by atoms with E-state index in [1.165, 1.54) is 11.3 Å². The molecule has 0 bridgehead atoms. The van der Waals surface area contributed by atoms with Crippen molar-refractivity contribution in [3.05, 3.63) is 51.9 Å². The third kappa shape index (κ3) is 3.95. The normalized spacial score (nSPS) is 16.9. The average Bonchev–Trinajstić information content (AvgIpc) is 3.34. The summed E-state index contributed by atoms with van der Waals surface area (Å²) in [5.41, 5.74) is 1.66. The van der Waals surface area contributed by atoms with Crippen LogP contribution < -0.4 is 4.74 Å². The third-order valence-corrected chi connectivity index (χ3v) is 5.43. The zero-order valence-corrected chi connectivity index (χ0v) is 16.0. The molecule has 1 N–H and O–H groups in total. The van der Waals surface area contributed by atoms with Gasteiger partial charge in [0.1, 0.15) is 11.3 Å². The van der Waals surface area contributed by atoms with Crippen LogP contribution in [-0.4, -0.2) is 29.8 Å². The average molecular weight is 400 g/mol. The number of carbonyl (C=O) groups is 2. The Hall–Kier alpha value is -2.64. The van der Waals surface area contributed by atoms with Gasteiger partial charge in [-0.2, -0.15) is 11.3 Å². The van der Waals surface area contributed by atoms with Crippen molar-refractivity contribution in [2.45, 2.75) is 38.4 Å². The number of hydrogen-bond acceptors (Lipinski definition) is 6. The second kappa shape index (κ2) is 8.16. The fourth-order valence-corrected chi connectivity index (χ4v) is 3.98. The van der Waals surface area contributed by atoms with Gasteiger partial charge in [0, 0.05) is 40.8 Å². The molecule has 4 rings (SSSR count). The van der Waals surface area contributed by atoms with E-state index in [0.717, 1.165) is 24.6 Å². The van der Waals surface area contributed by atoms with Crippen molar-refractivity contribution >= 4 is 34.1 Å². The molecule has 1 aliphatic rings. The molecule has 0 aliphatic carbocycles. The maximum Gasteiger partial charge on any atom is 0.303 e. The smallest absolute Gasteiger partial charge is 0.303 e. The highest BCUT2D eigenvalue weighted by molar-refractivity contribution is 7.08. The van der Waals surface area contributed by atoms with Crippen molar-refractivity contribution in [3.8, 4) is 5.75 Å². The molecule has 0 amide bonds. The van der Waals surface area contributed by atoms with Crippen LogP contribution in [0, 0.1) is 0 Å². The second-order valence-electron chi connectivity index (χ2n) is 6.72. The number of furan rings is 1. The van der Waals surface area contributed by atoms with Crippen molar-refractivity contribution in [1.29, 1.82) is 0 Å². The standard InChI is InChI=1S/C21H20O6S/c22-18(23)7-6-16-15-5-4-14(26-19-3-1-2-9-25-19)11-17(15)27-21(16)20(24)13-8-10-28-12-13/h4-5,8,10-12,19H,1-3,6-7,9H2,(H,22,23). The molecule has 28 heavy (non-hydrogen) atoms. The maximum atomic E-state index is 12.9. The summed E-state index contributed by atoms with van der Waals surface area (Å²) < 4.78 is 17.4. The molecule has 0 saturated carbocycles. The predicted octanol–water partition coefficient (Wildman–Crippen LogP) is 4.65. The lowest BCUT2D eigenvalue weighted by Gasteiger charge is -2.23. The molecule has 2 aromatic heterocycles. The third-order valence-electron chi connectivity index (χ3n) is 4.75. The number of thiophene rings is 1. The lowest BCUT2D eigenvalue weighted by Crippen LogP contribution is -2.24. The molecule has 146 valence electrons. The first-order chi connectivity index (χ1) is 13.6. The zero-order valence-electron chi connectivity index (χ0n) is 15.2. The van der Waals surface area contributed by atoms with Crippen LogP contribution >= 0.6 is 11.3 Å². The lowest BCUT2D eigenvalue weighted by molar-refractivity contribution is -0.136. The van der Waals surface area contributed by atoms with Gasteiger partial charge >= 0.3 is 5.97 Å². The zero-order chi connectivity index (χ0) is 19.5. The highest BCUT2D eigenvalue weighted by Crippen LogP contribution is 2.32. The monoisotopic (exact) mass is 400 g/mol. The van der Waals surface area contributed by atoms with E-state index in [4.69, 9.17) is 19.0 Å². The van der Waals surface area contributed by atoms with Gasteiger partial charge < -0.3 is 19.0 Å². The van der Waals surface area contributed by atoms with E-state index in [1.807, 2.05) is 11.4 Å². The molecular formula is C21H20O6S. The molecule has 1 fully saturated rings. The minimum absolute atomic E-state index is 0.0767. The Morgan fingerprint density at radius 3 is 2.86 bits per heavy atom. The van der Waals surface area contributed by atoms with E-state index in [1.54, 1.807) is 23.6 Å². The summed E-state index contributed by atoms with van der Waals surface area (Å²) in [5, 5.41) is 13.4. The number of ketones is 1. The minimum Gasteiger partial charge on any atom is -0.481 e. The van der Waals surface area contributed by atoms with Gasteiger partial charge in [-0.1, -0.05) is 0 Å². The molecule has 0 radical (unpaired) electrons. The summed E-state index contributed by atoms with van der Waals surface area (Å²) in [6.45, 7) is 0.687. The van der Waals surface area contributed by atoms with Crippen LogP contribution in [0.5, 0.6) is 5.75 Å². The molecule has 1 aliphatic heterocycles. The van der Waals surface area contributed by atoms with E-state index >= 15 is 0 Å². The van der Waals surface area contributed by atoms with Crippen molar-refractivity contribution in [2.75, 3.05) is 6.61 Å². The first-order valence-corrected chi connectivity index (χ1v) is 10.2. The second-order valence-corrected chi connectivity index (χ2v) is 7.50. The van der Waals surface area contributed by atoms with E-state index < -0.39 is 5.97 Å². The number of rotatable bonds is 7. The number of carbonyl (C=O) groups excluding carboxylic acids is 1. The van der Waals surface area contributed by atoms with Crippen LogP contribution in [0.3, 0.4) is 0 Å². The van der Waals surface area contributed by atoms with Crippen LogP contribution in [0.2, 0.25) is 0 Å². The number of carboxylic acids is 1. The topological polar surface area (TPSA) is 86.0 Å². The molecule has 1 aromatic carbocycles. The lowest BCUT2D eigenvalue weighted by atomic mass is 10.0. The Morgan fingerprint density at radius 2 is 2.14 bits per heavy atom. The van der Waals surface area contributed by atoms with E-state index in [-0.39, 0.29) is 30.7 Å². The van der Waals surface area contributed by atoms with Crippen LogP contribution in [0.15, 0.2) is 39.4 Å². The Balaban J connectivity index is 1.68. The summed E-state index contributed by atoms with van der Waals surface area (Å²) in [7, 11) is 0. The van der Waals surface area contributed by atoms with Gasteiger partial charge in [0.15, 0.2) is 12.1 Å². The molecule has 3 aromatic rings. The SMILES string of the molecule is O=C(O)CCc1c(C(=O)c2ccsc2)oc2cc(OC3CCCCO3)ccc12. The molecular weight excluding hydrogens is 380 g/mol. The van der Waals surface area contributed by atoms with Gasteiger partial charge in [0.2, 0.25) is 5.78 Å². The molecule has 6 nitrogen and oxygen atoms in total. The molecule has 0 spiro atoms. The van der Waals surface area contributed by atoms with Gasteiger partial charge in [0.05, 0.1) is 6.61 Å². The number of benzene rings is 1. The molecule has 3 heterocycles. The quantitative estimate of drug-likeness (QED) is 0.581. The number of aliphatic carboxylic acids is 1. The summed E-state index contributed by atoms with van der Waals surface area (Å²) in [5.74, 6) is -0.359. The summed E-state index contributed by atoms with van der Waals surface area (Å²) >= 11 is 1.42. The molecule has 1 unspecified atom stereocenters. The van der Waals surface area contributed by atoms with Crippen molar-refractivity contribution in [3.63, 3.8) is 0 Å². The molecule has 1 saturated heterocycles. The minimum atomic E-state index is -0.919. The van der Waals surface area contributed by atoms with Gasteiger partial charge in [-0.05, 0) is 42.8 Å². The summed E-state index contributed by atoms with van der Waals surface area (Å²) in [6, 6.07) is 7.09. The number of ether oxygens (including phenoxy) is 2. The molecule has 7 heteroatoms. The van der Waals surface area contributed by atoms with Gasteiger partial charge in [0.25, 0.3) is 0 Å². The number of carboxylic acid groups (broad SMARTS) is 1. The Bertz CT molecular complexity index is 982. The highest BCUT2D eigenvalue weighted by atomic mass is 32.1. The van der Waals surface area contributed by atoms with Crippen LogP contribution in [0.25, 0.3) is 11.0 Å². The fourth-order valence-electron chi connectivity index (χ4n) is 3.35. The predicted molar refractivity (Wildman–Crippen MR) is 104 cm³/mol. The Kier molecular flexibility index (Phi) is 5.45. The van der Waals surface area contributed by atoms with Crippen LogP contribution in [0.1, 0.15) is 47.4 Å².